The molecule has 156 valence electrons. The second kappa shape index (κ2) is 12.4. The minimum absolute atomic E-state index is 0. The molecule has 1 aliphatic rings. The monoisotopic (exact) mass is 446 g/mol. The fourth-order valence-electron chi connectivity index (χ4n) is 3.12. The Balaban J connectivity index is 0.00000196. The van der Waals surface area contributed by atoms with Gasteiger partial charge in [0.25, 0.3) is 5.91 Å². The highest BCUT2D eigenvalue weighted by Gasteiger charge is 2.18. The minimum atomic E-state index is -0.164. The predicted octanol–water partition coefficient (Wildman–Crippen LogP) is 2.37. The largest absolute Gasteiger partial charge is 0.393 e. The molecule has 3 rings (SSSR count). The third-order valence-electron chi connectivity index (χ3n) is 4.65. The third kappa shape index (κ3) is 6.99. The van der Waals surface area contributed by atoms with Gasteiger partial charge in [0.2, 0.25) is 0 Å². The molecule has 0 saturated carbocycles. The molecule has 1 aliphatic heterocycles. The van der Waals surface area contributed by atoms with Crippen molar-refractivity contribution in [2.75, 3.05) is 19.6 Å². The summed E-state index contributed by atoms with van der Waals surface area (Å²) in [6, 6.07) is 8.18. The molecule has 0 unspecified atom stereocenters. The van der Waals surface area contributed by atoms with Gasteiger partial charge in [0.1, 0.15) is 5.69 Å². The Morgan fingerprint density at radius 1 is 1.25 bits per heavy atom. The van der Waals surface area contributed by atoms with Gasteiger partial charge in [-0.05, 0) is 30.5 Å². The van der Waals surface area contributed by atoms with Crippen molar-refractivity contribution >= 4 is 42.1 Å². The van der Waals surface area contributed by atoms with Crippen LogP contribution in [0.4, 0.5) is 0 Å². The van der Waals surface area contributed by atoms with E-state index in [4.69, 9.17) is 5.73 Å². The lowest BCUT2D eigenvalue weighted by Gasteiger charge is -2.30. The summed E-state index contributed by atoms with van der Waals surface area (Å²) in [4.78, 5) is 19.0. The highest BCUT2D eigenvalue weighted by Crippen LogP contribution is 2.17. The van der Waals surface area contributed by atoms with E-state index < -0.39 is 0 Å². The van der Waals surface area contributed by atoms with Gasteiger partial charge < -0.3 is 16.2 Å². The molecule has 0 radical (unpaired) electrons. The van der Waals surface area contributed by atoms with Gasteiger partial charge in [-0.25, -0.2) is 4.98 Å². The van der Waals surface area contributed by atoms with Crippen LogP contribution in [0.1, 0.15) is 39.5 Å². The predicted molar refractivity (Wildman–Crippen MR) is 117 cm³/mol. The summed E-state index contributed by atoms with van der Waals surface area (Å²) in [5, 5.41) is 15.3. The van der Waals surface area contributed by atoms with E-state index in [0.717, 1.165) is 43.0 Å². The Kier molecular flexibility index (Phi) is 11.0. The van der Waals surface area contributed by atoms with Gasteiger partial charge in [0, 0.05) is 38.0 Å². The number of piperidine rings is 1. The van der Waals surface area contributed by atoms with Crippen LogP contribution in [-0.2, 0) is 19.5 Å². The fraction of sp³-hybridized carbons (Fsp3) is 0.474. The molecule has 1 fully saturated rings. The van der Waals surface area contributed by atoms with Crippen molar-refractivity contribution in [2.24, 2.45) is 5.73 Å². The quantitative estimate of drug-likeness (QED) is 0.606. The average Bonchev–Trinajstić information content (AvgIpc) is 3.12. The number of nitrogens with one attached hydrogen (secondary N) is 1. The molecule has 9 heteroatoms. The SMILES string of the molecule is Cl.Cl.NCCc1nc(C(=O)NCc2ccccc2CN2CCC(O)CC2)cs1. The topological polar surface area (TPSA) is 91.5 Å². The normalized spacial score (nSPS) is 14.8. The first-order valence-electron chi connectivity index (χ1n) is 9.05. The van der Waals surface area contributed by atoms with Crippen molar-refractivity contribution < 1.29 is 9.90 Å². The van der Waals surface area contributed by atoms with Gasteiger partial charge in [-0.1, -0.05) is 24.3 Å². The van der Waals surface area contributed by atoms with Crippen LogP contribution in [0.2, 0.25) is 0 Å². The number of halogens is 2. The Hall–Kier alpha value is -1.22. The number of thiazole rings is 1. The van der Waals surface area contributed by atoms with E-state index in [1.807, 2.05) is 12.1 Å². The molecule has 2 heterocycles. The van der Waals surface area contributed by atoms with Gasteiger partial charge in [-0.15, -0.1) is 36.2 Å². The first-order valence-corrected chi connectivity index (χ1v) is 9.93. The number of aromatic nitrogens is 1. The summed E-state index contributed by atoms with van der Waals surface area (Å²) in [6.07, 6.45) is 2.19. The second-order valence-electron chi connectivity index (χ2n) is 6.62. The third-order valence-corrected chi connectivity index (χ3v) is 5.56. The van der Waals surface area contributed by atoms with E-state index in [1.54, 1.807) is 5.38 Å². The van der Waals surface area contributed by atoms with Crippen LogP contribution in [0.5, 0.6) is 0 Å². The van der Waals surface area contributed by atoms with Crippen LogP contribution < -0.4 is 11.1 Å². The van der Waals surface area contributed by atoms with Crippen molar-refractivity contribution in [1.82, 2.24) is 15.2 Å². The van der Waals surface area contributed by atoms with Crippen molar-refractivity contribution in [3.8, 4) is 0 Å². The zero-order valence-corrected chi connectivity index (χ0v) is 18.1. The number of carbonyl (C=O) groups is 1. The Labute approximate surface area is 182 Å². The Morgan fingerprint density at radius 2 is 1.93 bits per heavy atom. The van der Waals surface area contributed by atoms with Gasteiger partial charge in [-0.3, -0.25) is 9.69 Å². The zero-order chi connectivity index (χ0) is 18.4. The Bertz CT molecular complexity index is 736. The first kappa shape index (κ1) is 24.8. The van der Waals surface area contributed by atoms with Gasteiger partial charge >= 0.3 is 0 Å². The number of aliphatic hydroxyl groups is 1. The molecule has 0 aliphatic carbocycles. The maximum absolute atomic E-state index is 12.3. The fourth-order valence-corrected chi connectivity index (χ4v) is 3.92. The van der Waals surface area contributed by atoms with Crippen LogP contribution in [0.3, 0.4) is 0 Å². The van der Waals surface area contributed by atoms with E-state index in [9.17, 15) is 9.90 Å². The highest BCUT2D eigenvalue weighted by atomic mass is 35.5. The van der Waals surface area contributed by atoms with Crippen LogP contribution >= 0.6 is 36.2 Å². The smallest absolute Gasteiger partial charge is 0.271 e. The number of rotatable bonds is 7. The molecular weight excluding hydrogens is 419 g/mol. The Morgan fingerprint density at radius 3 is 2.61 bits per heavy atom. The molecule has 4 N–H and O–H groups in total. The number of nitrogens with two attached hydrogens (primary N) is 1. The van der Waals surface area contributed by atoms with Crippen LogP contribution in [0, 0.1) is 0 Å². The second-order valence-corrected chi connectivity index (χ2v) is 7.57. The molecule has 0 spiro atoms. The number of carbonyl (C=O) groups excluding carboxylic acids is 1. The maximum Gasteiger partial charge on any atom is 0.271 e. The van der Waals surface area contributed by atoms with E-state index >= 15 is 0 Å². The first-order chi connectivity index (χ1) is 12.7. The lowest BCUT2D eigenvalue weighted by Crippen LogP contribution is -2.35. The minimum Gasteiger partial charge on any atom is -0.393 e. The van der Waals surface area contributed by atoms with Crippen LogP contribution in [0.15, 0.2) is 29.6 Å². The molecule has 1 saturated heterocycles. The number of aliphatic hydroxyl groups excluding tert-OH is 1. The van der Waals surface area contributed by atoms with Crippen molar-refractivity contribution in [3.63, 3.8) is 0 Å². The summed E-state index contributed by atoms with van der Waals surface area (Å²) in [5.74, 6) is -0.152. The van der Waals surface area contributed by atoms with Gasteiger partial charge in [0.15, 0.2) is 0 Å². The molecule has 1 aromatic heterocycles. The van der Waals surface area contributed by atoms with Gasteiger partial charge in [0.05, 0.1) is 11.1 Å². The summed E-state index contributed by atoms with van der Waals surface area (Å²) < 4.78 is 0. The molecule has 1 aromatic carbocycles. The lowest BCUT2D eigenvalue weighted by molar-refractivity contribution is 0.0790. The van der Waals surface area contributed by atoms with Crippen molar-refractivity contribution in [3.05, 3.63) is 51.5 Å². The maximum atomic E-state index is 12.3. The number of nitrogens with zero attached hydrogens (tertiary/aromatic N) is 2. The molecule has 2 aromatic rings. The summed E-state index contributed by atoms with van der Waals surface area (Å²) >= 11 is 1.47. The number of hydrogen-bond donors (Lipinski definition) is 3. The lowest BCUT2D eigenvalue weighted by atomic mass is 10.0. The molecular formula is C19H28Cl2N4O2S. The number of benzene rings is 1. The van der Waals surface area contributed by atoms with E-state index in [1.165, 1.54) is 16.9 Å². The van der Waals surface area contributed by atoms with Crippen molar-refractivity contribution in [2.45, 2.75) is 38.5 Å². The molecule has 0 atom stereocenters. The summed E-state index contributed by atoms with van der Waals surface area (Å²) in [7, 11) is 0. The average molecular weight is 447 g/mol. The molecule has 6 nitrogen and oxygen atoms in total. The number of hydrogen-bond acceptors (Lipinski definition) is 6. The highest BCUT2D eigenvalue weighted by molar-refractivity contribution is 7.09. The van der Waals surface area contributed by atoms with Crippen molar-refractivity contribution in [1.29, 1.82) is 0 Å². The van der Waals surface area contributed by atoms with E-state index in [-0.39, 0.29) is 36.8 Å². The zero-order valence-electron chi connectivity index (χ0n) is 15.7. The summed E-state index contributed by atoms with van der Waals surface area (Å²) in [6.45, 7) is 3.68. The van der Waals surface area contributed by atoms with Crippen LogP contribution in [-0.4, -0.2) is 46.6 Å². The number of amides is 1. The number of likely N-dealkylation sites (tertiary alicyclic amines) is 1. The molecule has 1 amide bonds. The molecule has 0 bridgehead atoms. The standard InChI is InChI=1S/C19H26N4O2S.2ClH/c20-8-5-18-22-17(13-26-18)19(25)21-11-14-3-1-2-4-15(14)12-23-9-6-16(24)7-10-23;;/h1-4,13,16,24H,5-12,20H2,(H,21,25);2*1H. The van der Waals surface area contributed by atoms with E-state index in [0.29, 0.717) is 25.2 Å². The van der Waals surface area contributed by atoms with Gasteiger partial charge in [-0.2, -0.15) is 0 Å². The van der Waals surface area contributed by atoms with Crippen LogP contribution in [0.25, 0.3) is 0 Å². The molecule has 28 heavy (non-hydrogen) atoms. The summed E-state index contributed by atoms with van der Waals surface area (Å²) in [5.41, 5.74) is 8.32. The van der Waals surface area contributed by atoms with E-state index in [2.05, 4.69) is 27.3 Å².